The number of benzene rings is 1. The summed E-state index contributed by atoms with van der Waals surface area (Å²) in [6.45, 7) is 5.47. The molecule has 1 aromatic rings. The molecular weight excluding hydrogens is 297 g/mol. The van der Waals surface area contributed by atoms with Gasteiger partial charge in [0.1, 0.15) is 0 Å². The Morgan fingerprint density at radius 3 is 2.57 bits per heavy atom. The summed E-state index contributed by atoms with van der Waals surface area (Å²) in [5.41, 5.74) is 0.562. The SMILES string of the molecule is CC(C)C[C@H](O)C1CCN(C(=O)Cc2ccc(O)c(F)c2)CC1. The maximum Gasteiger partial charge on any atom is 0.226 e. The fourth-order valence-electron chi connectivity index (χ4n) is 3.16. The van der Waals surface area contributed by atoms with Gasteiger partial charge in [-0.15, -0.1) is 0 Å². The lowest BCUT2D eigenvalue weighted by atomic mass is 9.87. The molecule has 1 atom stereocenters. The molecule has 0 spiro atoms. The minimum atomic E-state index is -0.703. The van der Waals surface area contributed by atoms with Gasteiger partial charge >= 0.3 is 0 Å². The molecule has 1 aliphatic heterocycles. The molecule has 128 valence electrons. The summed E-state index contributed by atoms with van der Waals surface area (Å²) in [5.74, 6) is -0.416. The molecule has 1 fully saturated rings. The second-order valence-electron chi connectivity index (χ2n) is 6.88. The van der Waals surface area contributed by atoms with E-state index in [0.29, 0.717) is 24.6 Å². The summed E-state index contributed by atoms with van der Waals surface area (Å²) in [7, 11) is 0. The average molecular weight is 323 g/mol. The zero-order chi connectivity index (χ0) is 17.0. The van der Waals surface area contributed by atoms with Gasteiger partial charge in [0.05, 0.1) is 12.5 Å². The van der Waals surface area contributed by atoms with Gasteiger partial charge in [0, 0.05) is 13.1 Å². The number of aliphatic hydroxyl groups excluding tert-OH is 1. The number of aromatic hydroxyl groups is 1. The van der Waals surface area contributed by atoms with Crippen molar-refractivity contribution in [3.63, 3.8) is 0 Å². The van der Waals surface area contributed by atoms with Gasteiger partial charge in [-0.2, -0.15) is 0 Å². The van der Waals surface area contributed by atoms with E-state index in [-0.39, 0.29) is 24.3 Å². The molecule has 0 unspecified atom stereocenters. The number of rotatable bonds is 5. The number of hydrogen-bond donors (Lipinski definition) is 2. The summed E-state index contributed by atoms with van der Waals surface area (Å²) in [5, 5.41) is 19.4. The first-order valence-electron chi connectivity index (χ1n) is 8.30. The van der Waals surface area contributed by atoms with Gasteiger partial charge in [0.25, 0.3) is 0 Å². The summed E-state index contributed by atoms with van der Waals surface area (Å²) >= 11 is 0. The van der Waals surface area contributed by atoms with Crippen molar-refractivity contribution in [1.29, 1.82) is 0 Å². The Labute approximate surface area is 136 Å². The summed E-state index contributed by atoms with van der Waals surface area (Å²) < 4.78 is 13.3. The van der Waals surface area contributed by atoms with E-state index >= 15 is 0 Å². The van der Waals surface area contributed by atoms with Crippen molar-refractivity contribution in [3.05, 3.63) is 29.6 Å². The number of likely N-dealkylation sites (tertiary alicyclic amines) is 1. The van der Waals surface area contributed by atoms with Crippen LogP contribution in [0.5, 0.6) is 5.75 Å². The van der Waals surface area contributed by atoms with Crippen molar-refractivity contribution >= 4 is 5.91 Å². The molecule has 0 radical (unpaired) electrons. The molecule has 2 N–H and O–H groups in total. The molecule has 2 rings (SSSR count). The van der Waals surface area contributed by atoms with Crippen LogP contribution in [0.15, 0.2) is 18.2 Å². The van der Waals surface area contributed by atoms with Crippen LogP contribution < -0.4 is 0 Å². The number of nitrogens with zero attached hydrogens (tertiary/aromatic N) is 1. The number of amides is 1. The third-order valence-electron chi connectivity index (χ3n) is 4.52. The van der Waals surface area contributed by atoms with Crippen molar-refractivity contribution in [2.45, 2.75) is 45.6 Å². The minimum absolute atomic E-state index is 0.0353. The third-order valence-corrected chi connectivity index (χ3v) is 4.52. The molecule has 0 saturated carbocycles. The highest BCUT2D eigenvalue weighted by Gasteiger charge is 2.27. The maximum atomic E-state index is 13.3. The van der Waals surface area contributed by atoms with E-state index in [0.717, 1.165) is 19.3 Å². The van der Waals surface area contributed by atoms with Crippen LogP contribution in [0.25, 0.3) is 0 Å². The van der Waals surface area contributed by atoms with Gasteiger partial charge in [-0.25, -0.2) is 4.39 Å². The number of hydrogen-bond acceptors (Lipinski definition) is 3. The lowest BCUT2D eigenvalue weighted by Crippen LogP contribution is -2.42. The van der Waals surface area contributed by atoms with E-state index in [4.69, 9.17) is 0 Å². The van der Waals surface area contributed by atoms with Crippen molar-refractivity contribution in [2.75, 3.05) is 13.1 Å². The van der Waals surface area contributed by atoms with E-state index in [1.807, 2.05) is 0 Å². The van der Waals surface area contributed by atoms with Crippen molar-refractivity contribution in [3.8, 4) is 5.75 Å². The van der Waals surface area contributed by atoms with Gasteiger partial charge in [-0.1, -0.05) is 19.9 Å². The molecule has 1 amide bonds. The summed E-state index contributed by atoms with van der Waals surface area (Å²) in [6, 6.07) is 4.04. The number of aliphatic hydroxyl groups is 1. The normalized spacial score (nSPS) is 17.5. The van der Waals surface area contributed by atoms with E-state index in [1.54, 1.807) is 11.0 Å². The van der Waals surface area contributed by atoms with Gasteiger partial charge in [0.15, 0.2) is 11.6 Å². The Kier molecular flexibility index (Phi) is 5.99. The molecule has 1 aromatic carbocycles. The highest BCUT2D eigenvalue weighted by atomic mass is 19.1. The van der Waals surface area contributed by atoms with E-state index < -0.39 is 11.6 Å². The van der Waals surface area contributed by atoms with Crippen LogP contribution in [0.2, 0.25) is 0 Å². The van der Waals surface area contributed by atoms with Crippen LogP contribution >= 0.6 is 0 Å². The third kappa shape index (κ3) is 4.93. The second kappa shape index (κ2) is 7.77. The monoisotopic (exact) mass is 323 g/mol. The van der Waals surface area contributed by atoms with Crippen LogP contribution in [-0.2, 0) is 11.2 Å². The van der Waals surface area contributed by atoms with Gasteiger partial charge in [-0.3, -0.25) is 4.79 Å². The van der Waals surface area contributed by atoms with Crippen LogP contribution in [0, 0.1) is 17.7 Å². The molecule has 0 aromatic heterocycles. The standard InChI is InChI=1S/C18H26FNO3/c1-12(2)9-17(22)14-5-7-20(8-6-14)18(23)11-13-3-4-16(21)15(19)10-13/h3-4,10,12,14,17,21-22H,5-9,11H2,1-2H3/t17-/m0/s1. The van der Waals surface area contributed by atoms with Gasteiger partial charge in [-0.05, 0) is 48.8 Å². The maximum absolute atomic E-state index is 13.3. The number of carbonyl (C=O) groups excluding carboxylic acids is 1. The minimum Gasteiger partial charge on any atom is -0.505 e. The van der Waals surface area contributed by atoms with Gasteiger partial charge in [0.2, 0.25) is 5.91 Å². The van der Waals surface area contributed by atoms with E-state index in [2.05, 4.69) is 13.8 Å². The second-order valence-corrected chi connectivity index (χ2v) is 6.88. The predicted octanol–water partition coefficient (Wildman–Crippen LogP) is 2.72. The first-order chi connectivity index (χ1) is 10.9. The fraction of sp³-hybridized carbons (Fsp3) is 0.611. The fourth-order valence-corrected chi connectivity index (χ4v) is 3.16. The highest BCUT2D eigenvalue weighted by Crippen LogP contribution is 2.25. The average Bonchev–Trinajstić information content (AvgIpc) is 2.50. The van der Waals surface area contributed by atoms with Crippen LogP contribution in [0.3, 0.4) is 0 Å². The van der Waals surface area contributed by atoms with Crippen molar-refractivity contribution in [2.24, 2.45) is 11.8 Å². The quantitative estimate of drug-likeness (QED) is 0.876. The largest absolute Gasteiger partial charge is 0.505 e. The summed E-state index contributed by atoms with van der Waals surface area (Å²) in [4.78, 5) is 14.1. The molecular formula is C18H26FNO3. The first-order valence-corrected chi connectivity index (χ1v) is 8.30. The van der Waals surface area contributed by atoms with Crippen molar-refractivity contribution < 1.29 is 19.4 Å². The first kappa shape index (κ1) is 17.7. The molecule has 0 bridgehead atoms. The Morgan fingerprint density at radius 1 is 1.35 bits per heavy atom. The zero-order valence-electron chi connectivity index (χ0n) is 13.8. The molecule has 1 aliphatic rings. The number of phenolic OH excluding ortho intramolecular Hbond substituents is 1. The Bertz CT molecular complexity index is 539. The number of piperidine rings is 1. The molecule has 23 heavy (non-hydrogen) atoms. The lowest BCUT2D eigenvalue weighted by Gasteiger charge is -2.34. The topological polar surface area (TPSA) is 60.8 Å². The molecule has 0 aliphatic carbocycles. The Morgan fingerprint density at radius 2 is 2.00 bits per heavy atom. The highest BCUT2D eigenvalue weighted by molar-refractivity contribution is 5.78. The Balaban J connectivity index is 1.84. The lowest BCUT2D eigenvalue weighted by molar-refractivity contribution is -0.132. The van der Waals surface area contributed by atoms with E-state index in [9.17, 15) is 19.4 Å². The molecule has 4 nitrogen and oxygen atoms in total. The van der Waals surface area contributed by atoms with Crippen LogP contribution in [0.4, 0.5) is 4.39 Å². The molecule has 1 heterocycles. The van der Waals surface area contributed by atoms with Crippen LogP contribution in [0.1, 0.15) is 38.7 Å². The number of halogens is 1. The molecule has 5 heteroatoms. The molecule has 1 saturated heterocycles. The summed E-state index contributed by atoms with van der Waals surface area (Å²) in [6.07, 6.45) is 2.26. The van der Waals surface area contributed by atoms with E-state index in [1.165, 1.54) is 12.1 Å². The number of phenols is 1. The predicted molar refractivity (Wildman–Crippen MR) is 86.5 cm³/mol. The Hall–Kier alpha value is -1.62. The van der Waals surface area contributed by atoms with Gasteiger partial charge < -0.3 is 15.1 Å². The number of carbonyl (C=O) groups is 1. The van der Waals surface area contributed by atoms with Crippen LogP contribution in [-0.4, -0.2) is 40.2 Å². The smallest absolute Gasteiger partial charge is 0.226 e. The zero-order valence-corrected chi connectivity index (χ0v) is 13.8. The van der Waals surface area contributed by atoms with Crippen molar-refractivity contribution in [1.82, 2.24) is 4.90 Å².